The third-order valence-corrected chi connectivity index (χ3v) is 0.612. The zero-order valence-electron chi connectivity index (χ0n) is 4.78. The summed E-state index contributed by atoms with van der Waals surface area (Å²) in [5.41, 5.74) is 0. The molecule has 0 aliphatic rings. The van der Waals surface area contributed by atoms with E-state index >= 15 is 0 Å². The van der Waals surface area contributed by atoms with E-state index in [1.54, 1.807) is 0 Å². The van der Waals surface area contributed by atoms with Crippen LogP contribution < -0.4 is 5.32 Å². The van der Waals surface area contributed by atoms with Crippen molar-refractivity contribution in [2.75, 3.05) is 13.6 Å². The van der Waals surface area contributed by atoms with Crippen LogP contribution in [0.5, 0.6) is 0 Å². The fraction of sp³-hybridized carbons (Fsp3) is 1.00. The molecule has 0 saturated heterocycles. The Kier molecular flexibility index (Phi) is 3.24. The molecule has 0 rings (SSSR count). The Morgan fingerprint density at radius 1 is 1.83 bits per heavy atom. The van der Waals surface area contributed by atoms with E-state index in [0.717, 1.165) is 12.4 Å². The van der Waals surface area contributed by atoms with E-state index < -0.39 is 0 Å². The van der Waals surface area contributed by atoms with Crippen LogP contribution in [0.4, 0.5) is 0 Å². The maximum absolute atomic E-state index is 3.07. The lowest BCUT2D eigenvalue weighted by Gasteiger charge is -1.98. The third-order valence-electron chi connectivity index (χ3n) is 0.612. The highest BCUT2D eigenvalue weighted by molar-refractivity contribution is 6.11. The van der Waals surface area contributed by atoms with Gasteiger partial charge in [0.2, 0.25) is 0 Å². The molecule has 0 fully saturated rings. The minimum absolute atomic E-state index is 0.787. The summed E-state index contributed by atoms with van der Waals surface area (Å²) in [5, 5.41) is 3.07. The van der Waals surface area contributed by atoms with E-state index in [0.29, 0.717) is 0 Å². The summed E-state index contributed by atoms with van der Waals surface area (Å²) in [6.45, 7) is 3.32. The van der Waals surface area contributed by atoms with Crippen molar-refractivity contribution in [3.8, 4) is 0 Å². The Morgan fingerprint density at radius 3 is 2.33 bits per heavy atom. The molecule has 36 valence electrons. The van der Waals surface area contributed by atoms with Gasteiger partial charge in [0, 0.05) is 0 Å². The Hall–Kier alpha value is 0.0249. The molecule has 0 aromatic rings. The van der Waals surface area contributed by atoms with Gasteiger partial charge in [0.15, 0.2) is 0 Å². The van der Waals surface area contributed by atoms with Crippen LogP contribution in [0.25, 0.3) is 0 Å². The first-order valence-electron chi connectivity index (χ1n) is 2.42. The first kappa shape index (κ1) is 6.02. The van der Waals surface area contributed by atoms with E-state index in [1.807, 2.05) is 7.05 Å². The Bertz CT molecular complexity index is 28.7. The molecule has 1 atom stereocenters. The lowest BCUT2D eigenvalue weighted by Crippen LogP contribution is -2.11. The minimum Gasteiger partial charge on any atom is -0.320 e. The molecule has 0 radical (unpaired) electrons. The normalized spacial score (nSPS) is 14.3. The molecule has 1 unspecified atom stereocenters. The van der Waals surface area contributed by atoms with Gasteiger partial charge in [0.1, 0.15) is 7.85 Å². The van der Waals surface area contributed by atoms with Crippen LogP contribution in [0.2, 0.25) is 5.82 Å². The summed E-state index contributed by atoms with van der Waals surface area (Å²) in [4.78, 5) is 0. The summed E-state index contributed by atoms with van der Waals surface area (Å²) in [7, 11) is 4.16. The average molecular weight is 85.0 g/mol. The van der Waals surface area contributed by atoms with Gasteiger partial charge in [-0.05, 0) is 13.6 Å². The van der Waals surface area contributed by atoms with Crippen LogP contribution in [-0.4, -0.2) is 21.4 Å². The van der Waals surface area contributed by atoms with Gasteiger partial charge < -0.3 is 5.32 Å². The smallest absolute Gasteiger partial charge is 0.106 e. The highest BCUT2D eigenvalue weighted by Gasteiger charge is 1.85. The highest BCUT2D eigenvalue weighted by atomic mass is 14.8. The van der Waals surface area contributed by atoms with Crippen molar-refractivity contribution in [1.82, 2.24) is 5.32 Å². The number of hydrogen-bond acceptors (Lipinski definition) is 1. The van der Waals surface area contributed by atoms with Gasteiger partial charge in [0.05, 0.1) is 0 Å². The van der Waals surface area contributed by atoms with Crippen LogP contribution in [0, 0.1) is 0 Å². The molecule has 1 N–H and O–H groups in total. The highest BCUT2D eigenvalue weighted by Crippen LogP contribution is 1.87. The topological polar surface area (TPSA) is 12.0 Å². The van der Waals surface area contributed by atoms with Crippen molar-refractivity contribution in [3.63, 3.8) is 0 Å². The summed E-state index contributed by atoms with van der Waals surface area (Å²) in [5.74, 6) is 0.787. The molecule has 1 nitrogen and oxygen atoms in total. The second kappa shape index (κ2) is 3.22. The van der Waals surface area contributed by atoms with Gasteiger partial charge in [-0.1, -0.05) is 12.7 Å². The van der Waals surface area contributed by atoms with E-state index in [4.69, 9.17) is 0 Å². The van der Waals surface area contributed by atoms with Crippen LogP contribution in [0.15, 0.2) is 0 Å². The average Bonchev–Trinajstić information content (AvgIpc) is 1.35. The Labute approximate surface area is 40.5 Å². The predicted octanol–water partition coefficient (Wildman–Crippen LogP) is -0.353. The standard InChI is InChI=1S/C4H12BN/c1-4(5)3-6-2/h4,6H,3,5H2,1-2H3. The first-order valence-corrected chi connectivity index (χ1v) is 2.42. The monoisotopic (exact) mass is 85.1 g/mol. The zero-order chi connectivity index (χ0) is 4.99. The molecule has 0 aromatic heterocycles. The molecule has 0 spiro atoms. The molecule has 0 aromatic carbocycles. The summed E-state index contributed by atoms with van der Waals surface area (Å²) in [6, 6.07) is 0. The van der Waals surface area contributed by atoms with E-state index in [-0.39, 0.29) is 0 Å². The third kappa shape index (κ3) is 4.02. The van der Waals surface area contributed by atoms with Gasteiger partial charge in [-0.25, -0.2) is 0 Å². The molecule has 0 heterocycles. The molecule has 0 aliphatic heterocycles. The number of hydrogen-bond donors (Lipinski definition) is 1. The lowest BCUT2D eigenvalue weighted by atomic mass is 9.90. The van der Waals surface area contributed by atoms with E-state index in [2.05, 4.69) is 20.1 Å². The second-order valence-electron chi connectivity index (χ2n) is 1.95. The molecular weight excluding hydrogens is 72.9 g/mol. The Morgan fingerprint density at radius 2 is 2.33 bits per heavy atom. The maximum Gasteiger partial charge on any atom is 0.106 e. The van der Waals surface area contributed by atoms with Crippen molar-refractivity contribution >= 4 is 7.85 Å². The van der Waals surface area contributed by atoms with Gasteiger partial charge in [-0.2, -0.15) is 0 Å². The predicted molar refractivity (Wildman–Crippen MR) is 31.9 cm³/mol. The molecule has 0 aliphatic carbocycles. The van der Waals surface area contributed by atoms with Crippen LogP contribution in [0.3, 0.4) is 0 Å². The molecule has 6 heavy (non-hydrogen) atoms. The second-order valence-corrected chi connectivity index (χ2v) is 1.95. The number of rotatable bonds is 2. The Balaban J connectivity index is 2.63. The molecule has 0 bridgehead atoms. The maximum atomic E-state index is 3.07. The van der Waals surface area contributed by atoms with E-state index in [9.17, 15) is 0 Å². The van der Waals surface area contributed by atoms with Gasteiger partial charge >= 0.3 is 0 Å². The quantitative estimate of drug-likeness (QED) is 0.452. The SMILES string of the molecule is BC(C)CNC. The van der Waals surface area contributed by atoms with Crippen molar-refractivity contribution in [2.24, 2.45) is 0 Å². The van der Waals surface area contributed by atoms with Crippen molar-refractivity contribution in [1.29, 1.82) is 0 Å². The van der Waals surface area contributed by atoms with Gasteiger partial charge in [0.25, 0.3) is 0 Å². The van der Waals surface area contributed by atoms with Crippen molar-refractivity contribution in [2.45, 2.75) is 12.7 Å². The minimum atomic E-state index is 0.787. The summed E-state index contributed by atoms with van der Waals surface area (Å²) >= 11 is 0. The molecule has 2 heteroatoms. The van der Waals surface area contributed by atoms with Crippen molar-refractivity contribution in [3.05, 3.63) is 0 Å². The fourth-order valence-corrected chi connectivity index (χ4v) is 0.408. The van der Waals surface area contributed by atoms with Crippen LogP contribution >= 0.6 is 0 Å². The largest absolute Gasteiger partial charge is 0.320 e. The number of nitrogens with one attached hydrogen (secondary N) is 1. The lowest BCUT2D eigenvalue weighted by molar-refractivity contribution is 0.770. The van der Waals surface area contributed by atoms with Gasteiger partial charge in [-0.15, -0.1) is 0 Å². The van der Waals surface area contributed by atoms with Crippen molar-refractivity contribution < 1.29 is 0 Å². The van der Waals surface area contributed by atoms with Crippen LogP contribution in [-0.2, 0) is 0 Å². The fourth-order valence-electron chi connectivity index (χ4n) is 0.408. The molecule has 0 amide bonds. The molecule has 0 saturated carbocycles. The van der Waals surface area contributed by atoms with Crippen LogP contribution in [0.1, 0.15) is 6.92 Å². The van der Waals surface area contributed by atoms with Gasteiger partial charge in [-0.3, -0.25) is 0 Å². The summed E-state index contributed by atoms with van der Waals surface area (Å²) in [6.07, 6.45) is 0. The van der Waals surface area contributed by atoms with E-state index in [1.165, 1.54) is 0 Å². The summed E-state index contributed by atoms with van der Waals surface area (Å²) < 4.78 is 0. The first-order chi connectivity index (χ1) is 2.77. The molecular formula is C4H12BN. The zero-order valence-corrected chi connectivity index (χ0v) is 4.78.